The van der Waals surface area contributed by atoms with Crippen LogP contribution in [0.1, 0.15) is 70.3 Å². The van der Waals surface area contributed by atoms with E-state index >= 15 is 0 Å². The Bertz CT molecular complexity index is 445. The first kappa shape index (κ1) is 18.3. The molecule has 0 amide bonds. The number of nitrogens with two attached hydrogens (primary N) is 1. The number of rotatable bonds is 10. The highest BCUT2D eigenvalue weighted by molar-refractivity contribution is 5.27. The van der Waals surface area contributed by atoms with Crippen LogP contribution in [0.25, 0.3) is 0 Å². The molecule has 1 aliphatic rings. The van der Waals surface area contributed by atoms with Crippen LogP contribution < -0.4 is 10.5 Å². The van der Waals surface area contributed by atoms with Gasteiger partial charge in [-0.05, 0) is 43.4 Å². The van der Waals surface area contributed by atoms with Gasteiger partial charge in [-0.15, -0.1) is 0 Å². The third kappa shape index (κ3) is 6.15. The maximum atomic E-state index is 6.12. The van der Waals surface area contributed by atoms with Crippen molar-refractivity contribution in [2.45, 2.75) is 83.0 Å². The van der Waals surface area contributed by atoms with Crippen LogP contribution in [0.5, 0.6) is 5.75 Å². The molecule has 0 saturated heterocycles. The molecule has 3 nitrogen and oxygen atoms in total. The molecule has 3 heteroatoms. The summed E-state index contributed by atoms with van der Waals surface area (Å²) >= 11 is 0. The van der Waals surface area contributed by atoms with Gasteiger partial charge in [-0.1, -0.05) is 51.2 Å². The van der Waals surface area contributed by atoms with Crippen LogP contribution in [0, 0.1) is 0 Å². The lowest BCUT2D eigenvalue weighted by Gasteiger charge is -2.22. The first-order valence-corrected chi connectivity index (χ1v) is 9.25. The van der Waals surface area contributed by atoms with Crippen molar-refractivity contribution in [2.24, 2.45) is 5.73 Å². The maximum absolute atomic E-state index is 6.12. The van der Waals surface area contributed by atoms with Gasteiger partial charge in [0.2, 0.25) is 0 Å². The van der Waals surface area contributed by atoms with Crippen molar-refractivity contribution in [1.29, 1.82) is 0 Å². The van der Waals surface area contributed by atoms with Gasteiger partial charge >= 0.3 is 0 Å². The fraction of sp³-hybridized carbons (Fsp3) is 0.700. The molecule has 0 aromatic heterocycles. The van der Waals surface area contributed by atoms with Crippen LogP contribution in [0.4, 0.5) is 0 Å². The van der Waals surface area contributed by atoms with Gasteiger partial charge in [0.15, 0.2) is 0 Å². The first-order valence-electron chi connectivity index (χ1n) is 9.25. The van der Waals surface area contributed by atoms with Gasteiger partial charge in [0.05, 0.1) is 0 Å². The molecule has 1 fully saturated rings. The lowest BCUT2D eigenvalue weighted by molar-refractivity contribution is -0.00671. The standard InChI is InChI=1S/C20H33NO2/c1-3-4-5-6-7-8-9-17-10-12-18(13-11-17)23-19-14-15-20(21,16-19)22-2/h10-13,19H,3-9,14-16,21H2,1-2H3. The Balaban J connectivity index is 1.68. The Hall–Kier alpha value is -1.06. The van der Waals surface area contributed by atoms with E-state index in [2.05, 4.69) is 31.2 Å². The minimum Gasteiger partial charge on any atom is -0.490 e. The zero-order chi connectivity index (χ0) is 16.5. The molecule has 0 aliphatic heterocycles. The maximum Gasteiger partial charge on any atom is 0.120 e. The molecule has 1 aliphatic carbocycles. The second kappa shape index (κ2) is 9.29. The van der Waals surface area contributed by atoms with E-state index in [1.54, 1.807) is 7.11 Å². The number of benzene rings is 1. The van der Waals surface area contributed by atoms with Gasteiger partial charge in [0, 0.05) is 13.5 Å². The lowest BCUT2D eigenvalue weighted by atomic mass is 10.0. The van der Waals surface area contributed by atoms with Gasteiger partial charge < -0.3 is 15.2 Å². The third-order valence-electron chi connectivity index (χ3n) is 4.91. The number of ether oxygens (including phenoxy) is 2. The number of unbranched alkanes of at least 4 members (excludes halogenated alkanes) is 5. The average Bonchev–Trinajstić information content (AvgIpc) is 2.94. The monoisotopic (exact) mass is 319 g/mol. The Labute approximate surface area is 141 Å². The second-order valence-electron chi connectivity index (χ2n) is 6.91. The van der Waals surface area contributed by atoms with Crippen LogP contribution in [0.15, 0.2) is 24.3 Å². The van der Waals surface area contributed by atoms with Gasteiger partial charge in [-0.3, -0.25) is 0 Å². The Morgan fingerprint density at radius 3 is 2.43 bits per heavy atom. The molecule has 0 radical (unpaired) electrons. The summed E-state index contributed by atoms with van der Waals surface area (Å²) in [5.74, 6) is 0.946. The summed E-state index contributed by atoms with van der Waals surface area (Å²) in [6, 6.07) is 8.58. The zero-order valence-corrected chi connectivity index (χ0v) is 14.9. The summed E-state index contributed by atoms with van der Waals surface area (Å²) in [6.45, 7) is 2.26. The lowest BCUT2D eigenvalue weighted by Crippen LogP contribution is -2.39. The molecular formula is C20H33NO2. The topological polar surface area (TPSA) is 44.5 Å². The average molecular weight is 319 g/mol. The van der Waals surface area contributed by atoms with Crippen molar-refractivity contribution in [3.63, 3.8) is 0 Å². The van der Waals surface area contributed by atoms with E-state index < -0.39 is 5.72 Å². The van der Waals surface area contributed by atoms with E-state index in [1.807, 2.05) is 0 Å². The predicted molar refractivity (Wildman–Crippen MR) is 95.7 cm³/mol. The minimum absolute atomic E-state index is 0.171. The van der Waals surface area contributed by atoms with Crippen LogP contribution in [-0.2, 0) is 11.2 Å². The highest BCUT2D eigenvalue weighted by Gasteiger charge is 2.36. The van der Waals surface area contributed by atoms with E-state index in [4.69, 9.17) is 15.2 Å². The Morgan fingerprint density at radius 1 is 1.09 bits per heavy atom. The molecule has 1 saturated carbocycles. The summed E-state index contributed by atoms with van der Waals surface area (Å²) in [5.41, 5.74) is 7.03. The molecule has 2 atom stereocenters. The molecule has 2 unspecified atom stereocenters. The number of hydrogen-bond acceptors (Lipinski definition) is 3. The van der Waals surface area contributed by atoms with Gasteiger partial charge in [-0.2, -0.15) is 0 Å². The number of hydrogen-bond donors (Lipinski definition) is 1. The normalized spacial score (nSPS) is 24.0. The van der Waals surface area contributed by atoms with Gasteiger partial charge in [0.1, 0.15) is 17.6 Å². The largest absolute Gasteiger partial charge is 0.490 e. The number of aryl methyl sites for hydroxylation is 1. The van der Waals surface area contributed by atoms with Crippen molar-refractivity contribution in [3.8, 4) is 5.75 Å². The molecule has 2 N–H and O–H groups in total. The fourth-order valence-corrected chi connectivity index (χ4v) is 3.32. The van der Waals surface area contributed by atoms with E-state index in [-0.39, 0.29) is 6.10 Å². The molecule has 23 heavy (non-hydrogen) atoms. The van der Waals surface area contributed by atoms with Crippen molar-refractivity contribution in [2.75, 3.05) is 7.11 Å². The van der Waals surface area contributed by atoms with E-state index in [0.717, 1.165) is 25.0 Å². The summed E-state index contributed by atoms with van der Waals surface area (Å²) in [5, 5.41) is 0. The summed E-state index contributed by atoms with van der Waals surface area (Å²) in [6.07, 6.45) is 12.0. The zero-order valence-electron chi connectivity index (χ0n) is 14.9. The summed E-state index contributed by atoms with van der Waals surface area (Å²) in [4.78, 5) is 0. The highest BCUT2D eigenvalue weighted by atomic mass is 16.5. The van der Waals surface area contributed by atoms with Gasteiger partial charge in [0.25, 0.3) is 0 Å². The van der Waals surface area contributed by atoms with Crippen LogP contribution >= 0.6 is 0 Å². The highest BCUT2D eigenvalue weighted by Crippen LogP contribution is 2.31. The smallest absolute Gasteiger partial charge is 0.120 e. The van der Waals surface area contributed by atoms with E-state index in [1.165, 1.54) is 50.5 Å². The third-order valence-corrected chi connectivity index (χ3v) is 4.91. The van der Waals surface area contributed by atoms with Crippen LogP contribution in [0.3, 0.4) is 0 Å². The molecular weight excluding hydrogens is 286 g/mol. The summed E-state index contributed by atoms with van der Waals surface area (Å²) < 4.78 is 11.4. The summed E-state index contributed by atoms with van der Waals surface area (Å²) in [7, 11) is 1.68. The van der Waals surface area contributed by atoms with Gasteiger partial charge in [-0.25, -0.2) is 0 Å². The fourth-order valence-electron chi connectivity index (χ4n) is 3.32. The van der Waals surface area contributed by atoms with E-state index in [9.17, 15) is 0 Å². The predicted octanol–water partition coefficient (Wildman–Crippen LogP) is 4.82. The first-order chi connectivity index (χ1) is 11.1. The number of methoxy groups -OCH3 is 1. The SMILES string of the molecule is CCCCCCCCc1ccc(OC2CCC(N)(OC)C2)cc1. The van der Waals surface area contributed by atoms with Crippen molar-refractivity contribution >= 4 is 0 Å². The van der Waals surface area contributed by atoms with Crippen molar-refractivity contribution < 1.29 is 9.47 Å². The quantitative estimate of drug-likeness (QED) is 0.496. The van der Waals surface area contributed by atoms with Crippen molar-refractivity contribution in [1.82, 2.24) is 0 Å². The minimum atomic E-state index is -0.498. The van der Waals surface area contributed by atoms with Crippen molar-refractivity contribution in [3.05, 3.63) is 29.8 Å². The van der Waals surface area contributed by atoms with Crippen LogP contribution in [0.2, 0.25) is 0 Å². The molecule has 0 spiro atoms. The molecule has 1 aromatic carbocycles. The molecule has 130 valence electrons. The molecule has 2 rings (SSSR count). The molecule has 0 heterocycles. The molecule has 1 aromatic rings. The molecule has 0 bridgehead atoms. The second-order valence-corrected chi connectivity index (χ2v) is 6.91. The Kier molecular flexibility index (Phi) is 7.38. The Morgan fingerprint density at radius 2 is 1.78 bits per heavy atom. The van der Waals surface area contributed by atoms with E-state index in [0.29, 0.717) is 0 Å². The van der Waals surface area contributed by atoms with Crippen LogP contribution in [-0.4, -0.2) is 18.9 Å².